The molecule has 0 fully saturated rings. The molecular weight excluding hydrogens is 208 g/mol. The maximum Gasteiger partial charge on any atom is 0.0727 e. The molecule has 2 aromatic carbocycles. The second kappa shape index (κ2) is 6.02. The SMILES string of the molecule is C=CCOCc1ccccc1-c1ccccc1. The van der Waals surface area contributed by atoms with Crippen LogP contribution >= 0.6 is 0 Å². The number of hydrogen-bond acceptors (Lipinski definition) is 1. The van der Waals surface area contributed by atoms with Crippen LogP contribution in [-0.2, 0) is 11.3 Å². The largest absolute Gasteiger partial charge is 0.373 e. The zero-order valence-electron chi connectivity index (χ0n) is 9.80. The Bertz CT molecular complexity index is 474. The van der Waals surface area contributed by atoms with Crippen molar-refractivity contribution in [3.05, 3.63) is 72.8 Å². The van der Waals surface area contributed by atoms with Gasteiger partial charge in [-0.15, -0.1) is 6.58 Å². The van der Waals surface area contributed by atoms with Gasteiger partial charge < -0.3 is 4.74 Å². The zero-order valence-corrected chi connectivity index (χ0v) is 9.80. The molecule has 0 aromatic heterocycles. The normalized spacial score (nSPS) is 10.1. The van der Waals surface area contributed by atoms with Crippen LogP contribution in [0.1, 0.15) is 5.56 Å². The molecule has 17 heavy (non-hydrogen) atoms. The first kappa shape index (κ1) is 11.6. The van der Waals surface area contributed by atoms with Gasteiger partial charge in [-0.3, -0.25) is 0 Å². The van der Waals surface area contributed by atoms with Crippen LogP contribution in [0.5, 0.6) is 0 Å². The van der Waals surface area contributed by atoms with E-state index < -0.39 is 0 Å². The molecule has 0 bridgehead atoms. The van der Waals surface area contributed by atoms with Crippen LogP contribution in [0.25, 0.3) is 11.1 Å². The summed E-state index contributed by atoms with van der Waals surface area (Å²) in [4.78, 5) is 0. The fourth-order valence-corrected chi connectivity index (χ4v) is 1.80. The number of benzene rings is 2. The number of ether oxygens (including phenoxy) is 1. The first-order valence-electron chi connectivity index (χ1n) is 5.74. The summed E-state index contributed by atoms with van der Waals surface area (Å²) in [6, 6.07) is 18.7. The minimum absolute atomic E-state index is 0.586. The van der Waals surface area contributed by atoms with Crippen LogP contribution in [0.15, 0.2) is 67.3 Å². The third-order valence-corrected chi connectivity index (χ3v) is 2.60. The summed E-state index contributed by atoms with van der Waals surface area (Å²) in [7, 11) is 0. The molecule has 1 heteroatoms. The van der Waals surface area contributed by atoms with E-state index in [4.69, 9.17) is 4.74 Å². The maximum absolute atomic E-state index is 5.51. The van der Waals surface area contributed by atoms with Crippen molar-refractivity contribution in [2.45, 2.75) is 6.61 Å². The Hall–Kier alpha value is -1.86. The van der Waals surface area contributed by atoms with Crippen molar-refractivity contribution in [3.8, 4) is 11.1 Å². The van der Waals surface area contributed by atoms with Crippen LogP contribution in [-0.4, -0.2) is 6.61 Å². The first-order valence-corrected chi connectivity index (χ1v) is 5.74. The van der Waals surface area contributed by atoms with Crippen molar-refractivity contribution in [3.63, 3.8) is 0 Å². The molecule has 0 atom stereocenters. The molecule has 0 saturated carbocycles. The molecule has 86 valence electrons. The smallest absolute Gasteiger partial charge is 0.0727 e. The summed E-state index contributed by atoms with van der Waals surface area (Å²) < 4.78 is 5.51. The third kappa shape index (κ3) is 3.05. The van der Waals surface area contributed by atoms with Gasteiger partial charge in [0.1, 0.15) is 0 Å². The predicted octanol–water partition coefficient (Wildman–Crippen LogP) is 4.06. The Balaban J connectivity index is 2.25. The molecular formula is C16H16O. The van der Waals surface area contributed by atoms with E-state index in [1.807, 2.05) is 12.1 Å². The van der Waals surface area contributed by atoms with Crippen molar-refractivity contribution in [2.75, 3.05) is 6.61 Å². The van der Waals surface area contributed by atoms with Crippen molar-refractivity contribution < 1.29 is 4.74 Å². The van der Waals surface area contributed by atoms with Gasteiger partial charge in [-0.2, -0.15) is 0 Å². The van der Waals surface area contributed by atoms with Crippen molar-refractivity contribution >= 4 is 0 Å². The monoisotopic (exact) mass is 224 g/mol. The summed E-state index contributed by atoms with van der Waals surface area (Å²) >= 11 is 0. The van der Waals surface area contributed by atoms with Gasteiger partial charge in [0.05, 0.1) is 13.2 Å². The van der Waals surface area contributed by atoms with E-state index in [0.717, 1.165) is 0 Å². The molecule has 0 heterocycles. The van der Waals surface area contributed by atoms with E-state index in [9.17, 15) is 0 Å². The quantitative estimate of drug-likeness (QED) is 0.550. The second-order valence-corrected chi connectivity index (χ2v) is 3.83. The Morgan fingerprint density at radius 1 is 0.941 bits per heavy atom. The van der Waals surface area contributed by atoms with Crippen molar-refractivity contribution in [2.24, 2.45) is 0 Å². The van der Waals surface area contributed by atoms with Crippen LogP contribution in [0.3, 0.4) is 0 Å². The Morgan fingerprint density at radius 2 is 1.65 bits per heavy atom. The zero-order chi connectivity index (χ0) is 11.9. The Morgan fingerprint density at radius 3 is 2.41 bits per heavy atom. The molecule has 0 aliphatic heterocycles. The average molecular weight is 224 g/mol. The van der Waals surface area contributed by atoms with E-state index in [1.54, 1.807) is 6.08 Å². The Kier molecular flexibility index (Phi) is 4.11. The number of hydrogen-bond donors (Lipinski definition) is 0. The van der Waals surface area contributed by atoms with Crippen LogP contribution in [0, 0.1) is 0 Å². The summed E-state index contributed by atoms with van der Waals surface area (Å²) in [5.41, 5.74) is 3.67. The van der Waals surface area contributed by atoms with Crippen LogP contribution in [0.2, 0.25) is 0 Å². The summed E-state index contributed by atoms with van der Waals surface area (Å²) in [6.07, 6.45) is 1.77. The highest BCUT2D eigenvalue weighted by Crippen LogP contribution is 2.23. The molecule has 0 amide bonds. The molecule has 0 unspecified atom stereocenters. The topological polar surface area (TPSA) is 9.23 Å². The summed E-state index contributed by atoms with van der Waals surface area (Å²) in [5, 5.41) is 0. The lowest BCUT2D eigenvalue weighted by atomic mass is 10.0. The Labute approximate surface area is 102 Å². The van der Waals surface area contributed by atoms with E-state index in [1.165, 1.54) is 16.7 Å². The lowest BCUT2D eigenvalue weighted by molar-refractivity contribution is 0.149. The maximum atomic E-state index is 5.51. The molecule has 0 spiro atoms. The minimum atomic E-state index is 0.586. The highest BCUT2D eigenvalue weighted by Gasteiger charge is 2.03. The van der Waals surface area contributed by atoms with E-state index in [2.05, 4.69) is 49.0 Å². The molecule has 0 aliphatic rings. The standard InChI is InChI=1S/C16H16O/c1-2-12-17-13-15-10-6-7-11-16(15)14-8-4-3-5-9-14/h2-11H,1,12-13H2. The fourth-order valence-electron chi connectivity index (χ4n) is 1.80. The highest BCUT2D eigenvalue weighted by atomic mass is 16.5. The van der Waals surface area contributed by atoms with Crippen LogP contribution < -0.4 is 0 Å². The van der Waals surface area contributed by atoms with Gasteiger partial charge in [0.2, 0.25) is 0 Å². The summed E-state index contributed by atoms with van der Waals surface area (Å²) in [6.45, 7) is 4.86. The third-order valence-electron chi connectivity index (χ3n) is 2.60. The molecule has 2 rings (SSSR count). The van der Waals surface area contributed by atoms with Gasteiger partial charge in [0, 0.05) is 0 Å². The highest BCUT2D eigenvalue weighted by molar-refractivity contribution is 5.66. The first-order chi connectivity index (χ1) is 8.42. The second-order valence-electron chi connectivity index (χ2n) is 3.83. The van der Waals surface area contributed by atoms with E-state index in [0.29, 0.717) is 13.2 Å². The summed E-state index contributed by atoms with van der Waals surface area (Å²) in [5.74, 6) is 0. The predicted molar refractivity (Wildman–Crippen MR) is 71.7 cm³/mol. The molecule has 0 saturated heterocycles. The lowest BCUT2D eigenvalue weighted by Crippen LogP contribution is -1.95. The molecule has 0 aliphatic carbocycles. The number of rotatable bonds is 5. The van der Waals surface area contributed by atoms with Gasteiger partial charge in [-0.25, -0.2) is 0 Å². The van der Waals surface area contributed by atoms with Gasteiger partial charge in [-0.05, 0) is 16.7 Å². The van der Waals surface area contributed by atoms with E-state index in [-0.39, 0.29) is 0 Å². The van der Waals surface area contributed by atoms with Crippen molar-refractivity contribution in [1.82, 2.24) is 0 Å². The molecule has 0 radical (unpaired) electrons. The molecule has 2 aromatic rings. The van der Waals surface area contributed by atoms with Gasteiger partial charge in [0.15, 0.2) is 0 Å². The minimum Gasteiger partial charge on any atom is -0.373 e. The van der Waals surface area contributed by atoms with Gasteiger partial charge in [0.25, 0.3) is 0 Å². The molecule has 1 nitrogen and oxygen atoms in total. The molecule has 0 N–H and O–H groups in total. The van der Waals surface area contributed by atoms with Crippen molar-refractivity contribution in [1.29, 1.82) is 0 Å². The lowest BCUT2D eigenvalue weighted by Gasteiger charge is -2.09. The van der Waals surface area contributed by atoms with Crippen LogP contribution in [0.4, 0.5) is 0 Å². The van der Waals surface area contributed by atoms with E-state index >= 15 is 0 Å². The average Bonchev–Trinajstić information content (AvgIpc) is 2.41. The van der Waals surface area contributed by atoms with Gasteiger partial charge in [-0.1, -0.05) is 60.7 Å². The fraction of sp³-hybridized carbons (Fsp3) is 0.125. The van der Waals surface area contributed by atoms with Gasteiger partial charge >= 0.3 is 0 Å².